The van der Waals surface area contributed by atoms with E-state index in [9.17, 15) is 0 Å². The summed E-state index contributed by atoms with van der Waals surface area (Å²) in [6.07, 6.45) is 6.72. The number of anilines is 6. The van der Waals surface area contributed by atoms with E-state index >= 15 is 0 Å². The number of nitrogens with zero attached hydrogens (tertiary/aromatic N) is 2. The first-order chi connectivity index (χ1) is 44.6. The van der Waals surface area contributed by atoms with Crippen molar-refractivity contribution in [2.45, 2.75) is 178 Å². The van der Waals surface area contributed by atoms with Crippen LogP contribution in [0.15, 0.2) is 260 Å². The minimum Gasteiger partial charge on any atom is -0.311 e. The van der Waals surface area contributed by atoms with Gasteiger partial charge in [0.05, 0.1) is 0 Å². The first kappa shape index (κ1) is 69.7. The van der Waals surface area contributed by atoms with E-state index in [4.69, 9.17) is 0 Å². The summed E-state index contributed by atoms with van der Waals surface area (Å²) in [4.78, 5) is 5.09. The third-order valence-electron chi connectivity index (χ3n) is 20.2. The largest absolute Gasteiger partial charge is 0.311 e. The van der Waals surface area contributed by atoms with Crippen LogP contribution in [-0.4, -0.2) is 6.71 Å². The summed E-state index contributed by atoms with van der Waals surface area (Å²) in [5, 5.41) is 0. The summed E-state index contributed by atoms with van der Waals surface area (Å²) >= 11 is 0. The Morgan fingerprint density at radius 1 is 0.362 bits per heavy atom. The van der Waals surface area contributed by atoms with Crippen molar-refractivity contribution in [3.05, 3.63) is 327 Å². The highest BCUT2D eigenvalue weighted by molar-refractivity contribution is 6.98. The summed E-state index contributed by atoms with van der Waals surface area (Å²) in [7, 11) is 0. The van der Waals surface area contributed by atoms with Gasteiger partial charge in [0, 0.05) is 55.8 Å². The summed E-state index contributed by atoms with van der Waals surface area (Å²) in [5.41, 5.74) is 27.2. The van der Waals surface area contributed by atoms with Gasteiger partial charge in [-0.1, -0.05) is 333 Å². The van der Waals surface area contributed by atoms with Gasteiger partial charge in [0.25, 0.3) is 0 Å². The van der Waals surface area contributed by atoms with Gasteiger partial charge in [0.15, 0.2) is 0 Å². The molecule has 0 unspecified atom stereocenters. The maximum absolute atomic E-state index is 2.58. The van der Waals surface area contributed by atoms with Gasteiger partial charge in [0.1, 0.15) is 0 Å². The Morgan fingerprint density at radius 2 is 0.777 bits per heavy atom. The molecule has 3 heteroatoms. The molecule has 0 saturated heterocycles. The van der Waals surface area contributed by atoms with Crippen molar-refractivity contribution in [3.63, 3.8) is 0 Å². The molecule has 0 N–H and O–H groups in total. The van der Waals surface area contributed by atoms with Gasteiger partial charge in [-0.2, -0.15) is 0 Å². The molecular weight excluding hydrogens is 1130 g/mol. The number of aryl methyl sites for hydroxylation is 3. The van der Waals surface area contributed by atoms with E-state index in [0.717, 1.165) is 22.7 Å². The van der Waals surface area contributed by atoms with Crippen molar-refractivity contribution in [3.8, 4) is 0 Å². The van der Waals surface area contributed by atoms with Crippen LogP contribution in [0.25, 0.3) is 0 Å². The van der Waals surface area contributed by atoms with Crippen LogP contribution in [0.2, 0.25) is 0 Å². The molecule has 11 rings (SSSR count). The average molecular weight is 1240 g/mol. The van der Waals surface area contributed by atoms with Crippen molar-refractivity contribution in [2.75, 3.05) is 9.80 Å². The molecule has 482 valence electrons. The van der Waals surface area contributed by atoms with Gasteiger partial charge in [-0.3, -0.25) is 0 Å². The molecule has 10 aromatic rings. The Bertz CT molecular complexity index is 4200. The molecule has 0 bridgehead atoms. The van der Waals surface area contributed by atoms with Gasteiger partial charge in [0.2, 0.25) is 6.71 Å². The summed E-state index contributed by atoms with van der Waals surface area (Å²) in [5.74, 6) is 0. The molecule has 10 aromatic carbocycles. The molecule has 0 fully saturated rings. The Labute approximate surface area is 568 Å². The lowest BCUT2D eigenvalue weighted by molar-refractivity contribution is 0.590. The lowest BCUT2D eigenvalue weighted by atomic mass is 9.33. The van der Waals surface area contributed by atoms with Crippen molar-refractivity contribution < 1.29 is 0 Å². The molecule has 0 aromatic heterocycles. The molecule has 0 aliphatic carbocycles. The standard InChI is InChI=1S/C73H81BN2.C16H18.C2H6/c1-17-27-52(18-2)71(11,12)58-37-36-50(3)64(47-58)74-65-48-59(73(15,16)54-30-23-20-24-31-54)40-43-66(65)76(60-41-38-55(39-42-60)72(13,14)53-28-21-19-22-29-53)67-49-63(44-51(4)68(67)74)75(61-34-25-32-56(45-61)69(5,6)7)62-35-26-33-57(46-62)70(8,9)10;1-13-9-11-15(12-10-13)16(2,3)14-7-5-4-6-8-14;1-2/h17-49H,1-16H3;4-12H,1-3H3;1-2H3/b27-17-,52-18+;;. The molecular formula is C91H105BN2. The third kappa shape index (κ3) is 14.4. The van der Waals surface area contributed by atoms with Crippen molar-refractivity contribution >= 4 is 57.2 Å². The van der Waals surface area contributed by atoms with E-state index in [-0.39, 0.29) is 39.2 Å². The van der Waals surface area contributed by atoms with Gasteiger partial charge < -0.3 is 9.80 Å². The van der Waals surface area contributed by atoms with E-state index in [1.165, 1.54) is 100 Å². The number of hydrogen-bond donors (Lipinski definition) is 0. The molecule has 0 radical (unpaired) electrons. The van der Waals surface area contributed by atoms with Crippen LogP contribution in [0.4, 0.5) is 34.1 Å². The first-order valence-electron chi connectivity index (χ1n) is 34.4. The zero-order valence-electron chi connectivity index (χ0n) is 60.7. The maximum atomic E-state index is 2.58. The molecule has 2 nitrogen and oxygen atoms in total. The fourth-order valence-electron chi connectivity index (χ4n) is 13.8. The number of benzene rings is 10. The van der Waals surface area contributed by atoms with E-state index in [2.05, 4.69) is 396 Å². The normalized spacial score (nSPS) is 12.9. The van der Waals surface area contributed by atoms with Crippen LogP contribution in [0.5, 0.6) is 0 Å². The van der Waals surface area contributed by atoms with E-state index in [1.807, 2.05) is 13.8 Å². The second-order valence-electron chi connectivity index (χ2n) is 30.0. The van der Waals surface area contributed by atoms with Crippen molar-refractivity contribution in [2.24, 2.45) is 0 Å². The minimum atomic E-state index is -0.259. The Morgan fingerprint density at radius 3 is 1.23 bits per heavy atom. The zero-order valence-corrected chi connectivity index (χ0v) is 60.7. The Hall–Kier alpha value is -8.66. The van der Waals surface area contributed by atoms with Crippen LogP contribution in [0.1, 0.15) is 191 Å². The Balaban J connectivity index is 0.000000499. The highest BCUT2D eigenvalue weighted by atomic mass is 15.2. The molecule has 0 amide bonds. The van der Waals surface area contributed by atoms with E-state index in [0.29, 0.717) is 0 Å². The van der Waals surface area contributed by atoms with Crippen LogP contribution >= 0.6 is 0 Å². The number of allylic oxidation sites excluding steroid dienone is 4. The van der Waals surface area contributed by atoms with Crippen LogP contribution < -0.4 is 26.2 Å². The number of rotatable bonds is 14. The van der Waals surface area contributed by atoms with Crippen molar-refractivity contribution in [1.29, 1.82) is 0 Å². The highest BCUT2D eigenvalue weighted by Gasteiger charge is 2.41. The van der Waals surface area contributed by atoms with Gasteiger partial charge in [-0.25, -0.2) is 0 Å². The van der Waals surface area contributed by atoms with Crippen LogP contribution in [-0.2, 0) is 32.5 Å². The quantitative estimate of drug-likeness (QED) is 0.0791. The van der Waals surface area contributed by atoms with E-state index in [1.54, 1.807) is 0 Å². The number of fused-ring (bicyclic) bond motifs is 2. The molecule has 1 aliphatic heterocycles. The lowest BCUT2D eigenvalue weighted by Gasteiger charge is -2.41. The second kappa shape index (κ2) is 28.1. The van der Waals surface area contributed by atoms with Gasteiger partial charge in [-0.05, 0) is 167 Å². The predicted molar refractivity (Wildman–Crippen MR) is 414 cm³/mol. The predicted octanol–water partition coefficient (Wildman–Crippen LogP) is 23.5. The SMILES string of the molecule is C/C=C\C(=C/C)C(C)(C)c1ccc(C)c(B2c3cc(C(C)(C)c4ccccc4)ccc3N(c3ccc(C(C)(C)c4ccccc4)cc3)c3cc(N(c4cccc(C(C)(C)C)c4)c4cccc(C(C)(C)C)c4)cc(C)c32)c1.CC.Cc1ccc(C(C)(C)c2ccccc2)cc1. The minimum absolute atomic E-state index is 0.0366. The molecule has 0 spiro atoms. The monoisotopic (exact) mass is 1240 g/mol. The summed E-state index contributed by atoms with van der Waals surface area (Å²) in [6.45, 7) is 47.6. The summed E-state index contributed by atoms with van der Waals surface area (Å²) in [6, 6.07) is 88.9. The molecule has 94 heavy (non-hydrogen) atoms. The smallest absolute Gasteiger partial charge is 0.247 e. The lowest BCUT2D eigenvalue weighted by Crippen LogP contribution is -2.59. The molecule has 0 atom stereocenters. The van der Waals surface area contributed by atoms with Crippen molar-refractivity contribution in [1.82, 2.24) is 0 Å². The highest BCUT2D eigenvalue weighted by Crippen LogP contribution is 2.46. The third-order valence-corrected chi connectivity index (χ3v) is 20.2. The number of hydrogen-bond acceptors (Lipinski definition) is 2. The zero-order chi connectivity index (χ0) is 68.1. The average Bonchev–Trinajstić information content (AvgIpc) is 0.713. The first-order valence-corrected chi connectivity index (χ1v) is 34.4. The second-order valence-corrected chi connectivity index (χ2v) is 30.0. The van der Waals surface area contributed by atoms with Crippen LogP contribution in [0.3, 0.4) is 0 Å². The Kier molecular flexibility index (Phi) is 20.8. The van der Waals surface area contributed by atoms with Crippen LogP contribution in [0, 0.1) is 20.8 Å². The fourth-order valence-corrected chi connectivity index (χ4v) is 13.8. The molecule has 1 aliphatic rings. The van der Waals surface area contributed by atoms with Gasteiger partial charge in [-0.15, -0.1) is 0 Å². The topological polar surface area (TPSA) is 6.48 Å². The molecule has 1 heterocycles. The summed E-state index contributed by atoms with van der Waals surface area (Å²) < 4.78 is 0. The van der Waals surface area contributed by atoms with E-state index < -0.39 is 0 Å². The van der Waals surface area contributed by atoms with Gasteiger partial charge >= 0.3 is 0 Å². The fraction of sp³-hybridized carbons (Fsp3) is 0.297. The maximum Gasteiger partial charge on any atom is 0.247 e. The molecule has 0 saturated carbocycles.